The van der Waals surface area contributed by atoms with Gasteiger partial charge in [0.2, 0.25) is 0 Å². The summed E-state index contributed by atoms with van der Waals surface area (Å²) >= 11 is 0. The van der Waals surface area contributed by atoms with Gasteiger partial charge >= 0.3 is 0 Å². The monoisotopic (exact) mass is 218 g/mol. The number of fused-ring (bicyclic) bond motifs is 1. The molecule has 1 aliphatic carbocycles. The molecule has 0 aromatic heterocycles. The lowest BCUT2D eigenvalue weighted by molar-refractivity contribution is -0.129. The quantitative estimate of drug-likeness (QED) is 0.842. The second-order valence-electron chi connectivity index (χ2n) is 4.96. The number of hydrogen-bond acceptors (Lipinski definition) is 2. The molecule has 0 fully saturated rings. The van der Waals surface area contributed by atoms with Gasteiger partial charge in [-0.3, -0.25) is 4.79 Å². The highest BCUT2D eigenvalue weighted by Gasteiger charge is 2.30. The number of aliphatic hydroxyl groups is 1. The highest BCUT2D eigenvalue weighted by molar-refractivity contribution is 5.84. The normalized spacial score (nSPS) is 20.1. The number of aliphatic hydroxyl groups excluding tert-OH is 1. The van der Waals surface area contributed by atoms with E-state index in [1.807, 2.05) is 26.0 Å². The minimum Gasteiger partial charge on any atom is -0.385 e. The summed E-state index contributed by atoms with van der Waals surface area (Å²) in [5.41, 5.74) is 2.63. The number of ketones is 1. The molecule has 1 aromatic carbocycles. The zero-order valence-corrected chi connectivity index (χ0v) is 9.81. The van der Waals surface area contributed by atoms with Gasteiger partial charge in [0.1, 0.15) is 6.10 Å². The van der Waals surface area contributed by atoms with Crippen molar-refractivity contribution < 1.29 is 9.90 Å². The Bertz CT molecular complexity index is 395. The first kappa shape index (κ1) is 11.3. The lowest BCUT2D eigenvalue weighted by Crippen LogP contribution is -2.30. The van der Waals surface area contributed by atoms with Crippen LogP contribution < -0.4 is 0 Å². The van der Waals surface area contributed by atoms with Gasteiger partial charge in [-0.25, -0.2) is 0 Å². The SMILES string of the molecule is CC(C)C(O)C(=O)CC1Cc2ccccc21. The van der Waals surface area contributed by atoms with Crippen LogP contribution in [0.25, 0.3) is 0 Å². The van der Waals surface area contributed by atoms with Gasteiger partial charge in [-0.1, -0.05) is 38.1 Å². The van der Waals surface area contributed by atoms with Gasteiger partial charge in [0.25, 0.3) is 0 Å². The molecule has 0 aliphatic heterocycles. The average molecular weight is 218 g/mol. The minimum absolute atomic E-state index is 0.0165. The van der Waals surface area contributed by atoms with E-state index in [0.717, 1.165) is 6.42 Å². The summed E-state index contributed by atoms with van der Waals surface area (Å²) in [6.45, 7) is 3.74. The van der Waals surface area contributed by atoms with Crippen LogP contribution in [-0.2, 0) is 11.2 Å². The molecule has 0 amide bonds. The molecule has 16 heavy (non-hydrogen) atoms. The van der Waals surface area contributed by atoms with E-state index >= 15 is 0 Å². The second kappa shape index (κ2) is 4.38. The van der Waals surface area contributed by atoms with Crippen molar-refractivity contribution in [1.82, 2.24) is 0 Å². The molecular weight excluding hydrogens is 200 g/mol. The molecule has 0 heterocycles. The van der Waals surface area contributed by atoms with Crippen LogP contribution in [0.4, 0.5) is 0 Å². The van der Waals surface area contributed by atoms with E-state index in [-0.39, 0.29) is 11.7 Å². The fraction of sp³-hybridized carbons (Fsp3) is 0.500. The fourth-order valence-electron chi connectivity index (χ4n) is 2.28. The smallest absolute Gasteiger partial charge is 0.162 e. The van der Waals surface area contributed by atoms with Gasteiger partial charge in [0.15, 0.2) is 5.78 Å². The molecule has 2 atom stereocenters. The van der Waals surface area contributed by atoms with Crippen LogP contribution in [0.2, 0.25) is 0 Å². The first-order chi connectivity index (χ1) is 7.59. The van der Waals surface area contributed by atoms with Crippen LogP contribution in [-0.4, -0.2) is 17.0 Å². The molecule has 0 saturated heterocycles. The van der Waals surface area contributed by atoms with Crippen LogP contribution >= 0.6 is 0 Å². The summed E-state index contributed by atoms with van der Waals surface area (Å²) in [5, 5.41) is 9.66. The maximum absolute atomic E-state index is 11.7. The van der Waals surface area contributed by atoms with E-state index < -0.39 is 6.10 Å². The molecule has 86 valence electrons. The molecule has 0 radical (unpaired) electrons. The van der Waals surface area contributed by atoms with Gasteiger partial charge < -0.3 is 5.11 Å². The van der Waals surface area contributed by atoms with Crippen LogP contribution in [0.5, 0.6) is 0 Å². The zero-order chi connectivity index (χ0) is 11.7. The largest absolute Gasteiger partial charge is 0.385 e. The van der Waals surface area contributed by atoms with Crippen molar-refractivity contribution in [3.8, 4) is 0 Å². The summed E-state index contributed by atoms with van der Waals surface area (Å²) in [6.07, 6.45) is 0.663. The molecule has 2 rings (SSSR count). The topological polar surface area (TPSA) is 37.3 Å². The Hall–Kier alpha value is -1.15. The Morgan fingerprint density at radius 1 is 1.44 bits per heavy atom. The molecule has 1 N–H and O–H groups in total. The van der Waals surface area contributed by atoms with Crippen molar-refractivity contribution >= 4 is 5.78 Å². The molecule has 0 bridgehead atoms. The highest BCUT2D eigenvalue weighted by Crippen LogP contribution is 2.37. The Labute approximate surface area is 96.3 Å². The summed E-state index contributed by atoms with van der Waals surface area (Å²) in [6, 6.07) is 8.22. The summed E-state index contributed by atoms with van der Waals surface area (Å²) in [5.74, 6) is 0.328. The van der Waals surface area contributed by atoms with Crippen molar-refractivity contribution in [3.05, 3.63) is 35.4 Å². The third kappa shape index (κ3) is 2.03. The predicted octanol–water partition coefficient (Wildman–Crippen LogP) is 2.30. The Morgan fingerprint density at radius 2 is 2.12 bits per heavy atom. The molecule has 1 aliphatic rings. The predicted molar refractivity (Wildman–Crippen MR) is 63.4 cm³/mol. The molecular formula is C14H18O2. The van der Waals surface area contributed by atoms with E-state index in [2.05, 4.69) is 12.1 Å². The van der Waals surface area contributed by atoms with Crippen LogP contribution in [0, 0.1) is 5.92 Å². The number of benzene rings is 1. The third-order valence-corrected chi connectivity index (χ3v) is 3.37. The first-order valence-electron chi connectivity index (χ1n) is 5.88. The van der Waals surface area contributed by atoms with E-state index in [0.29, 0.717) is 12.3 Å². The number of Topliss-reactive ketones (excluding diaryl/α,β-unsaturated/α-hetero) is 1. The number of carbonyl (C=O) groups is 1. The van der Waals surface area contributed by atoms with Gasteiger partial charge in [0, 0.05) is 6.42 Å². The standard InChI is InChI=1S/C14H18O2/c1-9(2)14(16)13(15)8-11-7-10-5-3-4-6-12(10)11/h3-6,9,11,14,16H,7-8H2,1-2H3. The minimum atomic E-state index is -0.798. The van der Waals surface area contributed by atoms with Gasteiger partial charge in [-0.05, 0) is 29.4 Å². The Kier molecular flexibility index (Phi) is 3.10. The number of carbonyl (C=O) groups excluding carboxylic acids is 1. The Balaban J connectivity index is 1.97. The van der Waals surface area contributed by atoms with Gasteiger partial charge in [-0.15, -0.1) is 0 Å². The maximum atomic E-state index is 11.7. The van der Waals surface area contributed by atoms with Crippen LogP contribution in [0.1, 0.15) is 37.3 Å². The molecule has 0 spiro atoms. The van der Waals surface area contributed by atoms with Crippen LogP contribution in [0.3, 0.4) is 0 Å². The summed E-state index contributed by atoms with van der Waals surface area (Å²) in [4.78, 5) is 11.7. The van der Waals surface area contributed by atoms with Crippen molar-refractivity contribution in [1.29, 1.82) is 0 Å². The van der Waals surface area contributed by atoms with Crippen molar-refractivity contribution in [2.24, 2.45) is 5.92 Å². The summed E-state index contributed by atoms with van der Waals surface area (Å²) < 4.78 is 0. The molecule has 2 nitrogen and oxygen atoms in total. The number of rotatable bonds is 4. The summed E-state index contributed by atoms with van der Waals surface area (Å²) in [7, 11) is 0. The average Bonchev–Trinajstić information content (AvgIpc) is 2.24. The third-order valence-electron chi connectivity index (χ3n) is 3.37. The van der Waals surface area contributed by atoms with Crippen LogP contribution in [0.15, 0.2) is 24.3 Å². The lowest BCUT2D eigenvalue weighted by atomic mass is 9.74. The molecule has 2 heteroatoms. The van der Waals surface area contributed by atoms with Gasteiger partial charge in [0.05, 0.1) is 0 Å². The van der Waals surface area contributed by atoms with Gasteiger partial charge in [-0.2, -0.15) is 0 Å². The fourth-order valence-corrected chi connectivity index (χ4v) is 2.28. The molecule has 2 unspecified atom stereocenters. The second-order valence-corrected chi connectivity index (χ2v) is 4.96. The van der Waals surface area contributed by atoms with E-state index in [1.165, 1.54) is 11.1 Å². The maximum Gasteiger partial charge on any atom is 0.162 e. The number of hydrogen-bond donors (Lipinski definition) is 1. The Morgan fingerprint density at radius 3 is 2.75 bits per heavy atom. The highest BCUT2D eigenvalue weighted by atomic mass is 16.3. The molecule has 1 aromatic rings. The zero-order valence-electron chi connectivity index (χ0n) is 9.81. The van der Waals surface area contributed by atoms with Crippen molar-refractivity contribution in [2.75, 3.05) is 0 Å². The lowest BCUT2D eigenvalue weighted by Gasteiger charge is -2.30. The van der Waals surface area contributed by atoms with Crippen molar-refractivity contribution in [3.63, 3.8) is 0 Å². The van der Waals surface area contributed by atoms with E-state index in [4.69, 9.17) is 0 Å². The molecule has 0 saturated carbocycles. The van der Waals surface area contributed by atoms with E-state index in [1.54, 1.807) is 0 Å². The van der Waals surface area contributed by atoms with Crippen molar-refractivity contribution in [2.45, 2.75) is 38.7 Å². The first-order valence-corrected chi connectivity index (χ1v) is 5.88. The van der Waals surface area contributed by atoms with E-state index in [9.17, 15) is 9.90 Å².